The Kier molecular flexibility index (Phi) is 7.41. The standard InChI is InChI=1S/C16H30N2O/c1-4-16(13-17,18-14(2)3)10-6-11-19-12-9-15-7-5-8-15/h14-15,18H,4-12H2,1-3H3. The first-order valence-electron chi connectivity index (χ1n) is 7.88. The van der Waals surface area contributed by atoms with E-state index >= 15 is 0 Å². The van der Waals surface area contributed by atoms with E-state index in [-0.39, 0.29) is 5.54 Å². The summed E-state index contributed by atoms with van der Waals surface area (Å²) in [5, 5.41) is 12.8. The second-order valence-electron chi connectivity index (χ2n) is 6.15. The van der Waals surface area contributed by atoms with Gasteiger partial charge in [0.15, 0.2) is 0 Å². The van der Waals surface area contributed by atoms with Gasteiger partial charge in [-0.2, -0.15) is 5.26 Å². The first kappa shape index (κ1) is 16.5. The van der Waals surface area contributed by atoms with E-state index in [0.717, 1.165) is 38.4 Å². The van der Waals surface area contributed by atoms with Crippen LogP contribution < -0.4 is 5.32 Å². The summed E-state index contributed by atoms with van der Waals surface area (Å²) in [6, 6.07) is 2.80. The minimum absolute atomic E-state index is 0.346. The predicted molar refractivity (Wildman–Crippen MR) is 78.9 cm³/mol. The second-order valence-corrected chi connectivity index (χ2v) is 6.15. The molecule has 1 N–H and O–H groups in total. The molecule has 0 aliphatic heterocycles. The number of nitriles is 1. The molecule has 1 fully saturated rings. The number of ether oxygens (including phenoxy) is 1. The Bertz CT molecular complexity index is 281. The summed E-state index contributed by atoms with van der Waals surface area (Å²) >= 11 is 0. The third-order valence-electron chi connectivity index (χ3n) is 4.17. The fraction of sp³-hybridized carbons (Fsp3) is 0.938. The lowest BCUT2D eigenvalue weighted by Gasteiger charge is -2.29. The molecule has 0 amide bonds. The van der Waals surface area contributed by atoms with E-state index in [1.165, 1.54) is 25.7 Å². The van der Waals surface area contributed by atoms with Gasteiger partial charge in [-0.25, -0.2) is 0 Å². The van der Waals surface area contributed by atoms with E-state index in [0.29, 0.717) is 6.04 Å². The van der Waals surface area contributed by atoms with Gasteiger partial charge in [0.05, 0.1) is 6.07 Å². The molecule has 1 aliphatic carbocycles. The molecule has 19 heavy (non-hydrogen) atoms. The van der Waals surface area contributed by atoms with Crippen LogP contribution in [-0.2, 0) is 4.74 Å². The molecule has 0 spiro atoms. The number of nitrogens with zero attached hydrogens (tertiary/aromatic N) is 1. The molecule has 3 nitrogen and oxygen atoms in total. The van der Waals surface area contributed by atoms with E-state index in [1.54, 1.807) is 0 Å². The van der Waals surface area contributed by atoms with Gasteiger partial charge in [0.1, 0.15) is 5.54 Å². The molecule has 0 heterocycles. The van der Waals surface area contributed by atoms with Crippen molar-refractivity contribution in [2.24, 2.45) is 5.92 Å². The first-order chi connectivity index (χ1) is 9.12. The fourth-order valence-electron chi connectivity index (χ4n) is 2.68. The van der Waals surface area contributed by atoms with Crippen LogP contribution in [0.4, 0.5) is 0 Å². The summed E-state index contributed by atoms with van der Waals surface area (Å²) in [5.41, 5.74) is -0.370. The van der Waals surface area contributed by atoms with E-state index in [2.05, 4.69) is 32.2 Å². The third kappa shape index (κ3) is 5.93. The smallest absolute Gasteiger partial charge is 0.106 e. The van der Waals surface area contributed by atoms with Crippen molar-refractivity contribution in [1.82, 2.24) is 5.32 Å². The highest BCUT2D eigenvalue weighted by Crippen LogP contribution is 2.29. The summed E-state index contributed by atoms with van der Waals surface area (Å²) < 4.78 is 5.69. The van der Waals surface area contributed by atoms with Gasteiger partial charge in [0.2, 0.25) is 0 Å². The Morgan fingerprint density at radius 3 is 2.58 bits per heavy atom. The van der Waals surface area contributed by atoms with Crippen LogP contribution in [0.2, 0.25) is 0 Å². The lowest BCUT2D eigenvalue weighted by Crippen LogP contribution is -2.47. The van der Waals surface area contributed by atoms with Crippen LogP contribution in [0.15, 0.2) is 0 Å². The number of nitrogens with one attached hydrogen (secondary N) is 1. The van der Waals surface area contributed by atoms with Gasteiger partial charge in [0, 0.05) is 19.3 Å². The normalized spacial score (nSPS) is 18.9. The van der Waals surface area contributed by atoms with Crippen LogP contribution in [0, 0.1) is 17.2 Å². The van der Waals surface area contributed by atoms with Crippen molar-refractivity contribution in [3.05, 3.63) is 0 Å². The van der Waals surface area contributed by atoms with Crippen molar-refractivity contribution < 1.29 is 4.74 Å². The molecular weight excluding hydrogens is 236 g/mol. The molecule has 1 unspecified atom stereocenters. The number of hydrogen-bond acceptors (Lipinski definition) is 3. The van der Waals surface area contributed by atoms with Crippen LogP contribution >= 0.6 is 0 Å². The van der Waals surface area contributed by atoms with Gasteiger partial charge in [0.25, 0.3) is 0 Å². The highest BCUT2D eigenvalue weighted by atomic mass is 16.5. The van der Waals surface area contributed by atoms with Crippen molar-refractivity contribution in [2.45, 2.75) is 77.3 Å². The van der Waals surface area contributed by atoms with Gasteiger partial charge < -0.3 is 4.74 Å². The molecule has 110 valence electrons. The Morgan fingerprint density at radius 1 is 1.37 bits per heavy atom. The SMILES string of the molecule is CCC(C#N)(CCCOCCC1CCC1)NC(C)C. The Balaban J connectivity index is 2.11. The number of hydrogen-bond donors (Lipinski definition) is 1. The lowest BCUT2D eigenvalue weighted by atomic mass is 9.83. The van der Waals surface area contributed by atoms with Gasteiger partial charge in [-0.15, -0.1) is 0 Å². The largest absolute Gasteiger partial charge is 0.381 e. The minimum Gasteiger partial charge on any atom is -0.381 e. The molecule has 0 radical (unpaired) electrons. The average Bonchev–Trinajstić information content (AvgIpc) is 2.33. The third-order valence-corrected chi connectivity index (χ3v) is 4.17. The first-order valence-corrected chi connectivity index (χ1v) is 7.88. The van der Waals surface area contributed by atoms with Crippen molar-refractivity contribution in [3.8, 4) is 6.07 Å². The summed E-state index contributed by atoms with van der Waals surface area (Å²) in [4.78, 5) is 0. The quantitative estimate of drug-likeness (QED) is 0.614. The summed E-state index contributed by atoms with van der Waals surface area (Å²) in [6.07, 6.45) is 8.12. The van der Waals surface area contributed by atoms with Crippen LogP contribution in [0.25, 0.3) is 0 Å². The van der Waals surface area contributed by atoms with Crippen molar-refractivity contribution in [2.75, 3.05) is 13.2 Å². The zero-order valence-electron chi connectivity index (χ0n) is 12.9. The molecule has 0 aromatic heterocycles. The average molecular weight is 266 g/mol. The topological polar surface area (TPSA) is 45.0 Å². The van der Waals surface area contributed by atoms with E-state index in [9.17, 15) is 5.26 Å². The minimum atomic E-state index is -0.370. The second kappa shape index (κ2) is 8.55. The van der Waals surface area contributed by atoms with E-state index in [1.807, 2.05) is 0 Å². The van der Waals surface area contributed by atoms with E-state index < -0.39 is 0 Å². The molecule has 0 aromatic rings. The maximum Gasteiger partial charge on any atom is 0.106 e. The molecule has 1 atom stereocenters. The van der Waals surface area contributed by atoms with Crippen molar-refractivity contribution >= 4 is 0 Å². The zero-order valence-corrected chi connectivity index (χ0v) is 12.9. The van der Waals surface area contributed by atoms with Crippen molar-refractivity contribution in [3.63, 3.8) is 0 Å². The van der Waals surface area contributed by atoms with Gasteiger partial charge >= 0.3 is 0 Å². The molecular formula is C16H30N2O. The molecule has 1 saturated carbocycles. The monoisotopic (exact) mass is 266 g/mol. The highest BCUT2D eigenvalue weighted by molar-refractivity contribution is 5.06. The molecule has 1 aliphatic rings. The van der Waals surface area contributed by atoms with Crippen molar-refractivity contribution in [1.29, 1.82) is 5.26 Å². The Labute approximate surface area is 118 Å². The van der Waals surface area contributed by atoms with Gasteiger partial charge in [-0.05, 0) is 45.4 Å². The Morgan fingerprint density at radius 2 is 2.11 bits per heavy atom. The summed E-state index contributed by atoms with van der Waals surface area (Å²) in [7, 11) is 0. The Hall–Kier alpha value is -0.590. The summed E-state index contributed by atoms with van der Waals surface area (Å²) in [6.45, 7) is 7.95. The van der Waals surface area contributed by atoms with Gasteiger partial charge in [-0.1, -0.05) is 26.2 Å². The molecule has 0 aromatic carbocycles. The molecule has 0 saturated heterocycles. The maximum absolute atomic E-state index is 9.39. The predicted octanol–water partition coefficient (Wildman–Crippen LogP) is 3.64. The highest BCUT2D eigenvalue weighted by Gasteiger charge is 2.27. The fourth-order valence-corrected chi connectivity index (χ4v) is 2.68. The van der Waals surface area contributed by atoms with Crippen LogP contribution in [0.1, 0.15) is 65.7 Å². The number of rotatable bonds is 10. The maximum atomic E-state index is 9.39. The van der Waals surface area contributed by atoms with Crippen LogP contribution in [0.3, 0.4) is 0 Å². The molecule has 0 bridgehead atoms. The lowest BCUT2D eigenvalue weighted by molar-refractivity contribution is 0.0995. The molecule has 3 heteroatoms. The zero-order chi connectivity index (χ0) is 14.1. The summed E-state index contributed by atoms with van der Waals surface area (Å²) in [5.74, 6) is 0.927. The molecule has 1 rings (SSSR count). The van der Waals surface area contributed by atoms with Crippen LogP contribution in [0.5, 0.6) is 0 Å². The van der Waals surface area contributed by atoms with E-state index in [4.69, 9.17) is 4.74 Å². The van der Waals surface area contributed by atoms with Gasteiger partial charge in [-0.3, -0.25) is 5.32 Å². The van der Waals surface area contributed by atoms with Crippen LogP contribution in [-0.4, -0.2) is 24.8 Å².